The van der Waals surface area contributed by atoms with Gasteiger partial charge in [0.1, 0.15) is 17.3 Å². The van der Waals surface area contributed by atoms with Crippen LogP contribution in [0.4, 0.5) is 10.1 Å². The summed E-state index contributed by atoms with van der Waals surface area (Å²) in [5.74, 6) is -1.86. The van der Waals surface area contributed by atoms with Gasteiger partial charge in [0.15, 0.2) is 0 Å². The van der Waals surface area contributed by atoms with Gasteiger partial charge in [0.05, 0.1) is 18.2 Å². The molecule has 6 nitrogen and oxygen atoms in total. The molecule has 1 atom stereocenters. The minimum absolute atomic E-state index is 0.0721. The average molecular weight is 446 g/mol. The number of nitrogens with zero attached hydrogens (tertiary/aromatic N) is 2. The molecule has 2 aromatic carbocycles. The number of hydrogen-bond donors (Lipinski definition) is 1. The van der Waals surface area contributed by atoms with E-state index in [1.165, 1.54) is 35.5 Å². The number of ether oxygens (including phenoxy) is 1. The van der Waals surface area contributed by atoms with Gasteiger partial charge in [0, 0.05) is 23.6 Å². The van der Waals surface area contributed by atoms with E-state index in [1.807, 2.05) is 13.8 Å². The second kappa shape index (κ2) is 9.24. The summed E-state index contributed by atoms with van der Waals surface area (Å²) in [6.07, 6.45) is 3.92. The highest BCUT2D eigenvalue weighted by molar-refractivity contribution is 6.51. The van der Waals surface area contributed by atoms with Crippen molar-refractivity contribution >= 4 is 23.1 Å². The fourth-order valence-corrected chi connectivity index (χ4v) is 3.91. The van der Waals surface area contributed by atoms with Crippen LogP contribution in [-0.2, 0) is 9.59 Å². The van der Waals surface area contributed by atoms with Crippen LogP contribution in [0.5, 0.6) is 5.75 Å². The standard InChI is InChI=1S/C26H23FN2O4/c1-3-13-33-21-8-7-18(14-16(21)2)24(30)22-23(17-9-11-28-12-10-17)29(26(32)25(22)31)20-6-4-5-19(27)15-20/h4-12,14-15,23,30H,3,13H2,1-2H3/b24-22+. The molecule has 0 radical (unpaired) electrons. The van der Waals surface area contributed by atoms with Crippen molar-refractivity contribution < 1.29 is 23.8 Å². The molecular formula is C26H23FN2O4. The van der Waals surface area contributed by atoms with Crippen molar-refractivity contribution in [1.29, 1.82) is 0 Å². The van der Waals surface area contributed by atoms with Crippen molar-refractivity contribution in [3.05, 3.63) is 95.1 Å². The van der Waals surface area contributed by atoms with Crippen LogP contribution in [0.15, 0.2) is 72.6 Å². The summed E-state index contributed by atoms with van der Waals surface area (Å²) < 4.78 is 19.7. The smallest absolute Gasteiger partial charge is 0.300 e. The zero-order valence-electron chi connectivity index (χ0n) is 18.3. The predicted octanol–water partition coefficient (Wildman–Crippen LogP) is 4.94. The van der Waals surface area contributed by atoms with Gasteiger partial charge in [-0.1, -0.05) is 13.0 Å². The van der Waals surface area contributed by atoms with Gasteiger partial charge in [-0.3, -0.25) is 19.5 Å². The Morgan fingerprint density at radius 2 is 1.88 bits per heavy atom. The topological polar surface area (TPSA) is 79.7 Å². The molecule has 7 heteroatoms. The lowest BCUT2D eigenvalue weighted by atomic mass is 9.95. The highest BCUT2D eigenvalue weighted by Crippen LogP contribution is 2.42. The Bertz CT molecular complexity index is 1240. The van der Waals surface area contributed by atoms with E-state index >= 15 is 0 Å². The van der Waals surface area contributed by atoms with E-state index in [0.29, 0.717) is 23.5 Å². The molecule has 4 rings (SSSR count). The number of Topliss-reactive ketones (excluding diaryl/α,β-unsaturated/α-hetero) is 1. The monoisotopic (exact) mass is 446 g/mol. The van der Waals surface area contributed by atoms with Crippen LogP contribution in [0, 0.1) is 12.7 Å². The third-order valence-electron chi connectivity index (χ3n) is 5.46. The lowest BCUT2D eigenvalue weighted by Crippen LogP contribution is -2.29. The molecule has 1 aliphatic heterocycles. The molecule has 1 unspecified atom stereocenters. The molecule has 168 valence electrons. The summed E-state index contributed by atoms with van der Waals surface area (Å²) >= 11 is 0. The van der Waals surface area contributed by atoms with Crippen molar-refractivity contribution in [3.63, 3.8) is 0 Å². The maximum absolute atomic E-state index is 14.0. The van der Waals surface area contributed by atoms with Gasteiger partial charge in [-0.05, 0) is 73.0 Å². The van der Waals surface area contributed by atoms with Gasteiger partial charge < -0.3 is 9.84 Å². The third kappa shape index (κ3) is 4.22. The molecule has 0 spiro atoms. The van der Waals surface area contributed by atoms with Gasteiger partial charge in [-0.15, -0.1) is 0 Å². The Hall–Kier alpha value is -4.00. The molecular weight excluding hydrogens is 423 g/mol. The molecule has 1 fully saturated rings. The number of amides is 1. The Morgan fingerprint density at radius 3 is 2.55 bits per heavy atom. The van der Waals surface area contributed by atoms with E-state index in [9.17, 15) is 19.1 Å². The van der Waals surface area contributed by atoms with Crippen molar-refractivity contribution in [2.75, 3.05) is 11.5 Å². The number of carbonyl (C=O) groups is 2. The van der Waals surface area contributed by atoms with Crippen LogP contribution in [0.3, 0.4) is 0 Å². The number of anilines is 1. The van der Waals surface area contributed by atoms with Crippen LogP contribution in [0.1, 0.15) is 36.1 Å². The van der Waals surface area contributed by atoms with E-state index in [-0.39, 0.29) is 17.0 Å². The highest BCUT2D eigenvalue weighted by atomic mass is 19.1. The maximum atomic E-state index is 14.0. The number of ketones is 1. The summed E-state index contributed by atoms with van der Waals surface area (Å²) in [4.78, 5) is 31.4. The van der Waals surface area contributed by atoms with Crippen LogP contribution in [0.2, 0.25) is 0 Å². The number of aliphatic hydroxyl groups is 1. The van der Waals surface area contributed by atoms with Crippen molar-refractivity contribution in [2.24, 2.45) is 0 Å². The number of carbonyl (C=O) groups excluding carboxylic acids is 2. The Morgan fingerprint density at radius 1 is 1.12 bits per heavy atom. The minimum atomic E-state index is -0.939. The van der Waals surface area contributed by atoms with Crippen LogP contribution in [0.25, 0.3) is 5.76 Å². The fraction of sp³-hybridized carbons (Fsp3) is 0.192. The van der Waals surface area contributed by atoms with Gasteiger partial charge in [-0.25, -0.2) is 4.39 Å². The van der Waals surface area contributed by atoms with Crippen LogP contribution in [-0.4, -0.2) is 28.4 Å². The second-order valence-corrected chi connectivity index (χ2v) is 7.76. The fourth-order valence-electron chi connectivity index (χ4n) is 3.91. The van der Waals surface area contributed by atoms with E-state index < -0.39 is 23.5 Å². The number of pyridine rings is 1. The number of benzene rings is 2. The SMILES string of the molecule is CCCOc1ccc(/C(O)=C2\C(=O)C(=O)N(c3cccc(F)c3)C2c2ccncc2)cc1C. The van der Waals surface area contributed by atoms with Crippen molar-refractivity contribution in [1.82, 2.24) is 4.98 Å². The largest absolute Gasteiger partial charge is 0.507 e. The highest BCUT2D eigenvalue weighted by Gasteiger charge is 2.47. The van der Waals surface area contributed by atoms with Crippen molar-refractivity contribution in [3.8, 4) is 5.75 Å². The zero-order chi connectivity index (χ0) is 23.5. The number of hydrogen-bond acceptors (Lipinski definition) is 5. The van der Waals surface area contributed by atoms with E-state index in [4.69, 9.17) is 4.74 Å². The molecule has 1 amide bonds. The Labute approximate surface area is 191 Å². The van der Waals surface area contributed by atoms with Gasteiger partial charge in [0.25, 0.3) is 11.7 Å². The molecule has 1 saturated heterocycles. The van der Waals surface area contributed by atoms with Crippen molar-refractivity contribution in [2.45, 2.75) is 26.3 Å². The first-order chi connectivity index (χ1) is 15.9. The van der Waals surface area contributed by atoms with Crippen LogP contribution >= 0.6 is 0 Å². The Balaban J connectivity index is 1.87. The first-order valence-electron chi connectivity index (χ1n) is 10.6. The summed E-state index contributed by atoms with van der Waals surface area (Å²) in [6, 6.07) is 12.9. The summed E-state index contributed by atoms with van der Waals surface area (Å²) in [5, 5.41) is 11.2. The first-order valence-corrected chi connectivity index (χ1v) is 10.6. The summed E-state index contributed by atoms with van der Waals surface area (Å²) in [5.41, 5.74) is 1.88. The molecule has 1 aromatic heterocycles. The lowest BCUT2D eigenvalue weighted by Gasteiger charge is -2.25. The third-order valence-corrected chi connectivity index (χ3v) is 5.46. The molecule has 33 heavy (non-hydrogen) atoms. The number of aliphatic hydroxyl groups excluding tert-OH is 1. The predicted molar refractivity (Wildman–Crippen MR) is 122 cm³/mol. The molecule has 2 heterocycles. The second-order valence-electron chi connectivity index (χ2n) is 7.76. The molecule has 1 N–H and O–H groups in total. The Kier molecular flexibility index (Phi) is 6.22. The molecule has 0 bridgehead atoms. The van der Waals surface area contributed by atoms with E-state index in [1.54, 1.807) is 36.4 Å². The molecule has 1 aliphatic rings. The van der Waals surface area contributed by atoms with Crippen LogP contribution < -0.4 is 9.64 Å². The van der Waals surface area contributed by atoms with Gasteiger partial charge >= 0.3 is 0 Å². The minimum Gasteiger partial charge on any atom is -0.507 e. The number of halogens is 1. The normalized spacial score (nSPS) is 17.4. The zero-order valence-corrected chi connectivity index (χ0v) is 18.3. The summed E-state index contributed by atoms with van der Waals surface area (Å²) in [6.45, 7) is 4.41. The summed E-state index contributed by atoms with van der Waals surface area (Å²) in [7, 11) is 0. The van der Waals surface area contributed by atoms with Gasteiger partial charge in [0.2, 0.25) is 0 Å². The lowest BCUT2D eigenvalue weighted by molar-refractivity contribution is -0.132. The number of aryl methyl sites for hydroxylation is 1. The molecule has 0 aliphatic carbocycles. The van der Waals surface area contributed by atoms with Gasteiger partial charge in [-0.2, -0.15) is 0 Å². The maximum Gasteiger partial charge on any atom is 0.300 e. The molecule has 3 aromatic rings. The first kappa shape index (κ1) is 22.2. The van der Waals surface area contributed by atoms with E-state index in [0.717, 1.165) is 12.0 Å². The average Bonchev–Trinajstić information content (AvgIpc) is 3.09. The quantitative estimate of drug-likeness (QED) is 0.329. The van der Waals surface area contributed by atoms with E-state index in [2.05, 4.69) is 4.98 Å². The number of aromatic nitrogens is 1. The number of rotatable bonds is 6. The molecule has 0 saturated carbocycles.